The van der Waals surface area contributed by atoms with Crippen LogP contribution >= 0.6 is 0 Å². The van der Waals surface area contributed by atoms with E-state index in [4.69, 9.17) is 25.8 Å². The molecule has 0 aromatic rings. The second kappa shape index (κ2) is 8.92. The molecule has 9 heteroatoms. The summed E-state index contributed by atoms with van der Waals surface area (Å²) < 4.78 is 33.1. The molecule has 9 heavy (non-hydrogen) atoms. The normalized spacial score (nSPS) is 7.67. The Balaban J connectivity index is -0.0000000326. The molecule has 2 N–H and O–H groups in total. The quantitative estimate of drug-likeness (QED) is 0.240. The van der Waals surface area contributed by atoms with Gasteiger partial charge in [0.05, 0.1) is 0 Å². The molecule has 0 aliphatic heterocycles. The predicted octanol–water partition coefficient (Wildman–Crippen LogP) is -3.66. The molecule has 0 saturated carbocycles. The van der Waals surface area contributed by atoms with Gasteiger partial charge in [0, 0.05) is 0 Å². The van der Waals surface area contributed by atoms with E-state index in [2.05, 4.69) is 0 Å². The molecule has 0 atom stereocenters. The van der Waals surface area contributed by atoms with E-state index in [1.807, 2.05) is 0 Å². The van der Waals surface area contributed by atoms with Crippen molar-refractivity contribution >= 4 is 0 Å². The molecular weight excluding hydrogens is 204 g/mol. The third kappa shape index (κ3) is 508. The molecule has 0 heterocycles. The number of rotatable bonds is 0. The molecule has 0 aromatic heterocycles. The third-order valence-electron chi connectivity index (χ3n) is 0. The molecule has 7 nitrogen and oxygen atoms in total. The van der Waals surface area contributed by atoms with Crippen molar-refractivity contribution in [2.45, 2.75) is 0 Å². The van der Waals surface area contributed by atoms with Gasteiger partial charge in [-0.3, -0.25) is 0 Å². The molecule has 0 unspecified atom stereocenters. The molecule has 0 fully saturated rings. The van der Waals surface area contributed by atoms with Gasteiger partial charge in [-0.15, -0.1) is 4.91 Å². The first-order chi connectivity index (χ1) is 3.41. The van der Waals surface area contributed by atoms with E-state index < -0.39 is 13.0 Å². The van der Waals surface area contributed by atoms with Crippen LogP contribution in [0.1, 0.15) is 1.43 Å². The standard InChI is InChI=1S/K.Mn.HNO2.H2O.3O.H/c;;2-1-3;;;;;/h;;(H,2,3);1H2;;;;/q2*+1;;;;;;-1/p-1. The van der Waals surface area contributed by atoms with Crippen molar-refractivity contribution in [2.24, 2.45) is 5.34 Å². The first kappa shape index (κ1) is 16.5. The number of nitrogens with zero attached hydrogens (tertiary/aromatic N) is 1. The van der Waals surface area contributed by atoms with Gasteiger partial charge in [0.25, 0.3) is 0 Å². The van der Waals surface area contributed by atoms with Crippen LogP contribution in [0.15, 0.2) is 5.34 Å². The summed E-state index contributed by atoms with van der Waals surface area (Å²) in [6, 6.07) is 0. The van der Waals surface area contributed by atoms with E-state index in [-0.39, 0.29) is 52.8 Å². The topological polar surface area (TPSA) is 121 Å². The average molecular weight is 207 g/mol. The van der Waals surface area contributed by atoms with Gasteiger partial charge in [0.15, 0.2) is 5.34 Å². The molecule has 0 aromatic carbocycles. The van der Waals surface area contributed by atoms with Crippen LogP contribution < -0.4 is 51.4 Å². The molecule has 0 aliphatic carbocycles. The first-order valence-electron chi connectivity index (χ1n) is 1.01. The zero-order valence-electron chi connectivity index (χ0n) is 5.35. The molecule has 0 rings (SSSR count). The molecule has 0 spiro atoms. The molecule has 0 bridgehead atoms. The molecule has 0 saturated heterocycles. The van der Waals surface area contributed by atoms with Crippen molar-refractivity contribution in [1.29, 1.82) is 0 Å². The van der Waals surface area contributed by atoms with Crippen molar-refractivity contribution in [3.63, 3.8) is 0 Å². The summed E-state index contributed by atoms with van der Waals surface area (Å²) in [5.74, 6) is 0. The Kier molecular flexibility index (Phi) is 16.3. The van der Waals surface area contributed by atoms with Gasteiger partial charge in [-0.1, -0.05) is 0 Å². The van der Waals surface area contributed by atoms with Gasteiger partial charge in [-0.25, -0.2) is 0 Å². The van der Waals surface area contributed by atoms with Gasteiger partial charge < -0.3 is 6.63 Å². The Morgan fingerprint density at radius 3 is 1.33 bits per heavy atom. The average Bonchev–Trinajstić information content (AvgIpc) is 1.27. The summed E-state index contributed by atoms with van der Waals surface area (Å²) in [6.07, 6.45) is 0. The van der Waals surface area contributed by atoms with Crippen LogP contribution in [0.4, 0.5) is 0 Å². The Hall–Kier alpha value is 0.916. The van der Waals surface area contributed by atoms with Crippen LogP contribution in [-0.2, 0) is 24.5 Å². The molecule has 0 amide bonds. The van der Waals surface area contributed by atoms with Crippen LogP contribution in [0.2, 0.25) is 0 Å². The van der Waals surface area contributed by atoms with Crippen LogP contribution in [0.5, 0.6) is 0 Å². The maximum atomic E-state index is 8.69. The molecule has 0 radical (unpaired) electrons. The first-order valence-corrected chi connectivity index (χ1v) is 2.99. The van der Waals surface area contributed by atoms with Gasteiger partial charge >= 0.3 is 80.0 Å². The Labute approximate surface area is 95.4 Å². The summed E-state index contributed by atoms with van der Waals surface area (Å²) in [6.45, 7) is 0. The maximum absolute atomic E-state index is 8.69. The summed E-state index contributed by atoms with van der Waals surface area (Å²) in [5, 5.41) is 7.89. The SMILES string of the molecule is O=NO.[H-].[K+].[O]=[Mn](=[O])(=[O])[OH]. The predicted molar refractivity (Wildman–Crippen MR) is 13.0 cm³/mol. The summed E-state index contributed by atoms with van der Waals surface area (Å²) in [5.41, 5.74) is 0. The summed E-state index contributed by atoms with van der Waals surface area (Å²) in [4.78, 5) is 8.11. The Bertz CT molecular complexity index is 173. The monoisotopic (exact) mass is 207 g/mol. The fraction of sp³-hybridized carbons (Fsp3) is 0. The summed E-state index contributed by atoms with van der Waals surface area (Å²) >= 11 is -5.38. The van der Waals surface area contributed by atoms with E-state index >= 15 is 0 Å². The van der Waals surface area contributed by atoms with Crippen LogP contribution in [-0.4, -0.2) is 9.40 Å². The van der Waals surface area contributed by atoms with Crippen LogP contribution in [0.25, 0.3) is 0 Å². The van der Waals surface area contributed by atoms with Gasteiger partial charge in [-0.2, -0.15) is 0 Å². The fourth-order valence-corrected chi connectivity index (χ4v) is 0. The van der Waals surface area contributed by atoms with E-state index in [9.17, 15) is 0 Å². The minimum atomic E-state index is -5.38. The molecular formula is H3KMnNO6. The van der Waals surface area contributed by atoms with E-state index in [1.165, 1.54) is 5.34 Å². The molecule has 0 aliphatic rings. The zero-order valence-corrected chi connectivity index (χ0v) is 8.66. The van der Waals surface area contributed by atoms with Gasteiger partial charge in [0.2, 0.25) is 0 Å². The van der Waals surface area contributed by atoms with Crippen molar-refractivity contribution in [1.82, 2.24) is 0 Å². The van der Waals surface area contributed by atoms with Crippen molar-refractivity contribution in [3.05, 3.63) is 4.91 Å². The van der Waals surface area contributed by atoms with E-state index in [0.29, 0.717) is 0 Å². The van der Waals surface area contributed by atoms with Gasteiger partial charge in [0.1, 0.15) is 0 Å². The fourth-order valence-electron chi connectivity index (χ4n) is 0. The van der Waals surface area contributed by atoms with Crippen LogP contribution in [0, 0.1) is 4.91 Å². The van der Waals surface area contributed by atoms with Crippen LogP contribution in [0.3, 0.4) is 0 Å². The van der Waals surface area contributed by atoms with Gasteiger partial charge in [-0.05, 0) is 0 Å². The number of hydrogen-bond acceptors (Lipinski definition) is 5. The number of hydrogen-bond donors (Lipinski definition) is 2. The Morgan fingerprint density at radius 1 is 1.33 bits per heavy atom. The Morgan fingerprint density at radius 2 is 1.33 bits per heavy atom. The zero-order chi connectivity index (χ0) is 7.21. The van der Waals surface area contributed by atoms with Crippen molar-refractivity contribution < 1.29 is 86.7 Å². The second-order valence-electron chi connectivity index (χ2n) is 0.478. The molecule has 52 valence electrons. The van der Waals surface area contributed by atoms with E-state index in [0.717, 1.165) is 0 Å². The van der Waals surface area contributed by atoms with Crippen molar-refractivity contribution in [2.75, 3.05) is 0 Å². The third-order valence-corrected chi connectivity index (χ3v) is 0. The minimum absolute atomic E-state index is 0. The summed E-state index contributed by atoms with van der Waals surface area (Å²) in [7, 11) is 0. The van der Waals surface area contributed by atoms with E-state index in [1.54, 1.807) is 0 Å². The second-order valence-corrected chi connectivity index (χ2v) is 1.71. The van der Waals surface area contributed by atoms with Crippen molar-refractivity contribution in [3.8, 4) is 0 Å².